The molecule has 0 saturated carbocycles. The molecule has 139 valence electrons. The number of rotatable bonds is 5. The fourth-order valence-electron chi connectivity index (χ4n) is 3.83. The quantitative estimate of drug-likeness (QED) is 0.235. The maximum Gasteiger partial charge on any atom is 0.196 e. The Labute approximate surface area is 181 Å². The summed E-state index contributed by atoms with van der Waals surface area (Å²) in [6, 6.07) is 25.9. The topological polar surface area (TPSA) is 0 Å². The van der Waals surface area contributed by atoms with Gasteiger partial charge in [-0.05, 0) is 55.7 Å². The third-order valence-electron chi connectivity index (χ3n) is 5.06. The van der Waals surface area contributed by atoms with Gasteiger partial charge in [0.2, 0.25) is 0 Å². The van der Waals surface area contributed by atoms with Crippen LogP contribution in [0.5, 0.6) is 0 Å². The molecule has 27 heavy (non-hydrogen) atoms. The van der Waals surface area contributed by atoms with Gasteiger partial charge in [0.1, 0.15) is 0 Å². The Kier molecular flexibility index (Phi) is 6.75. The minimum absolute atomic E-state index is 0.100. The number of benzene rings is 3. The maximum absolute atomic E-state index is 6.57. The first kappa shape index (κ1) is 20.9. The van der Waals surface area contributed by atoms with Gasteiger partial charge in [-0.2, -0.15) is 0 Å². The molecule has 3 aromatic carbocycles. The number of aryl methyl sites for hydroxylation is 3. The average Bonchev–Trinajstić information content (AvgIpc) is 2.65. The molecule has 0 unspecified atom stereocenters. The van der Waals surface area contributed by atoms with E-state index in [1.54, 1.807) is 0 Å². The summed E-state index contributed by atoms with van der Waals surface area (Å²) in [7, 11) is -2.16. The zero-order valence-electron chi connectivity index (χ0n) is 15.7. The highest BCUT2D eigenvalue weighted by atomic mass is 79.9. The van der Waals surface area contributed by atoms with Gasteiger partial charge in [-0.25, -0.2) is 0 Å². The first-order valence-corrected chi connectivity index (χ1v) is 12.5. The summed E-state index contributed by atoms with van der Waals surface area (Å²) < 4.78 is -0.544. The maximum atomic E-state index is 6.57. The van der Waals surface area contributed by atoms with E-state index in [4.69, 9.17) is 23.2 Å². The number of hydrogen-bond acceptors (Lipinski definition) is 0. The van der Waals surface area contributed by atoms with Crippen LogP contribution in [0.3, 0.4) is 0 Å². The summed E-state index contributed by atoms with van der Waals surface area (Å²) in [5.74, 6) is 0. The minimum atomic E-state index is -2.16. The van der Waals surface area contributed by atoms with E-state index in [0.717, 1.165) is 0 Å². The van der Waals surface area contributed by atoms with E-state index in [0.29, 0.717) is 0 Å². The van der Waals surface area contributed by atoms with Crippen LogP contribution in [-0.2, 0) is 0 Å². The van der Waals surface area contributed by atoms with Crippen LogP contribution in [0.4, 0.5) is 0 Å². The Hall–Kier alpha value is -0.785. The molecule has 0 nitrogen and oxygen atoms in total. The molecule has 0 bridgehead atoms. The van der Waals surface area contributed by atoms with E-state index in [9.17, 15) is 0 Å². The molecule has 0 N–H and O–H groups in total. The average molecular weight is 479 g/mol. The van der Waals surface area contributed by atoms with Crippen molar-refractivity contribution in [3.8, 4) is 0 Å². The molecule has 5 heteroatoms. The number of alkyl halides is 2. The second-order valence-electron chi connectivity index (χ2n) is 6.79. The lowest BCUT2D eigenvalue weighted by molar-refractivity contribution is 1.49. The molecule has 0 aliphatic carbocycles. The van der Waals surface area contributed by atoms with E-state index in [2.05, 4.69) is 109 Å². The largest absolute Gasteiger partial charge is 0.331 e. The highest BCUT2D eigenvalue weighted by Gasteiger charge is 2.47. The molecule has 0 fully saturated rings. The van der Waals surface area contributed by atoms with E-state index < -0.39 is 11.9 Å². The second-order valence-corrected chi connectivity index (χ2v) is 13.1. The van der Waals surface area contributed by atoms with E-state index in [-0.39, 0.29) is 5.26 Å². The molecule has 0 aromatic heterocycles. The van der Waals surface area contributed by atoms with Crippen LogP contribution in [0, 0.1) is 20.8 Å². The molecule has 0 aliphatic heterocycles. The third kappa shape index (κ3) is 3.75. The van der Waals surface area contributed by atoms with E-state index in [1.165, 1.54) is 32.6 Å². The van der Waals surface area contributed by atoms with Crippen LogP contribution in [0.2, 0.25) is 0 Å². The highest BCUT2D eigenvalue weighted by molar-refractivity contribution is 9.29. The monoisotopic (exact) mass is 477 g/mol. The van der Waals surface area contributed by atoms with Crippen molar-refractivity contribution < 1.29 is 0 Å². The van der Waals surface area contributed by atoms with Crippen molar-refractivity contribution in [2.24, 2.45) is 0 Å². The lowest BCUT2D eigenvalue weighted by Crippen LogP contribution is -2.44. The van der Waals surface area contributed by atoms with Gasteiger partial charge in [-0.15, -0.1) is 23.2 Å². The zero-order valence-corrected chi connectivity index (χ0v) is 19.7. The van der Waals surface area contributed by atoms with Crippen molar-refractivity contribution in [3.05, 3.63) is 89.5 Å². The summed E-state index contributed by atoms with van der Waals surface area (Å²) in [5, 5.41) is 3.86. The van der Waals surface area contributed by atoms with Crippen molar-refractivity contribution in [1.29, 1.82) is 0 Å². The van der Waals surface area contributed by atoms with E-state index >= 15 is 0 Å². The molecular formula is C22H22BBrCl2P. The fraction of sp³-hybridized carbons (Fsp3) is 0.182. The Morgan fingerprint density at radius 1 is 0.667 bits per heavy atom. The third-order valence-corrected chi connectivity index (χ3v) is 13.7. The van der Waals surface area contributed by atoms with Crippen LogP contribution in [-0.4, -0.2) is 9.99 Å². The highest BCUT2D eigenvalue weighted by Crippen LogP contribution is 2.63. The molecule has 3 aromatic rings. The molecule has 0 atom stereocenters. The minimum Gasteiger partial charge on any atom is -0.331 e. The van der Waals surface area contributed by atoms with Gasteiger partial charge in [0.05, 0.1) is 15.9 Å². The molecular weight excluding hydrogens is 457 g/mol. The summed E-state index contributed by atoms with van der Waals surface area (Å²) in [5.41, 5.74) is 3.78. The molecule has 0 saturated heterocycles. The molecule has 3 rings (SSSR count). The van der Waals surface area contributed by atoms with Crippen LogP contribution >= 0.6 is 46.1 Å². The van der Waals surface area contributed by atoms with Gasteiger partial charge >= 0.3 is 0 Å². The lowest BCUT2D eigenvalue weighted by atomic mass is 10.2. The molecule has 0 aliphatic rings. The Bertz CT molecular complexity index is 834. The second kappa shape index (κ2) is 8.70. The van der Waals surface area contributed by atoms with Gasteiger partial charge in [0.15, 0.2) is 5.26 Å². The van der Waals surface area contributed by atoms with Crippen molar-refractivity contribution in [3.63, 3.8) is 0 Å². The number of halogens is 3. The predicted molar refractivity (Wildman–Crippen MR) is 130 cm³/mol. The first-order chi connectivity index (χ1) is 12.9. The van der Waals surface area contributed by atoms with Gasteiger partial charge in [-0.3, -0.25) is 0 Å². The van der Waals surface area contributed by atoms with Gasteiger partial charge in [-0.1, -0.05) is 61.7 Å². The first-order valence-electron chi connectivity index (χ1n) is 8.90. The fourth-order valence-corrected chi connectivity index (χ4v) is 11.6. The molecule has 0 spiro atoms. The van der Waals surface area contributed by atoms with Crippen molar-refractivity contribution >= 4 is 67.3 Å². The smallest absolute Gasteiger partial charge is 0.196 e. The van der Waals surface area contributed by atoms with E-state index in [1.807, 2.05) is 0 Å². The standard InChI is InChI=1S/C22H22BBrCl2P/c1-16-10-4-7-13-19(16)27(23(24)22(25)26,20-14-8-5-11-17(20)2)21-15-9-6-12-18(21)3/h4-15,22H,1-3H3. The van der Waals surface area contributed by atoms with Crippen molar-refractivity contribution in [2.45, 2.75) is 25.5 Å². The summed E-state index contributed by atoms with van der Waals surface area (Å²) in [4.78, 5) is 0. The molecule has 0 amide bonds. The zero-order chi connectivity index (χ0) is 19.6. The Morgan fingerprint density at radius 2 is 0.963 bits per heavy atom. The molecule has 0 heterocycles. The van der Waals surface area contributed by atoms with Crippen LogP contribution in [0.15, 0.2) is 72.8 Å². The SMILES string of the molecule is Cc1ccccc1[P+]([B-](Br)C(Cl)Cl)(c1ccccc1C)c1ccccc1C. The normalized spacial score (nSPS) is 12.0. The van der Waals surface area contributed by atoms with Crippen molar-refractivity contribution in [1.82, 2.24) is 0 Å². The van der Waals surface area contributed by atoms with Gasteiger partial charge in [0.25, 0.3) is 0 Å². The molecule has 1 radical (unpaired) electrons. The summed E-state index contributed by atoms with van der Waals surface area (Å²) >= 11 is 17.1. The summed E-state index contributed by atoms with van der Waals surface area (Å²) in [6.45, 7) is 6.54. The summed E-state index contributed by atoms with van der Waals surface area (Å²) in [6.07, 6.45) is 0. The van der Waals surface area contributed by atoms with Crippen LogP contribution < -0.4 is 15.9 Å². The van der Waals surface area contributed by atoms with Crippen molar-refractivity contribution in [2.75, 3.05) is 0 Å². The number of hydrogen-bond donors (Lipinski definition) is 0. The lowest BCUT2D eigenvalue weighted by Gasteiger charge is -2.43. The Balaban J connectivity index is 2.53. The van der Waals surface area contributed by atoms with Crippen LogP contribution in [0.1, 0.15) is 16.7 Å². The Morgan fingerprint density at radius 3 is 1.22 bits per heavy atom. The predicted octanol–water partition coefficient (Wildman–Crippen LogP) is 6.13. The van der Waals surface area contributed by atoms with Gasteiger partial charge < -0.3 is 15.8 Å². The van der Waals surface area contributed by atoms with Gasteiger partial charge in [0, 0.05) is 4.74 Å². The van der Waals surface area contributed by atoms with Crippen LogP contribution in [0.25, 0.3) is 0 Å².